The summed E-state index contributed by atoms with van der Waals surface area (Å²) in [5.74, 6) is 2.35. The lowest BCUT2D eigenvalue weighted by atomic mass is 9.98. The van der Waals surface area contributed by atoms with Gasteiger partial charge in [0, 0.05) is 23.9 Å². The Morgan fingerprint density at radius 2 is 1.57 bits per heavy atom. The van der Waals surface area contributed by atoms with Crippen molar-refractivity contribution in [2.45, 2.75) is 32.7 Å². The van der Waals surface area contributed by atoms with Gasteiger partial charge >= 0.3 is 0 Å². The maximum Gasteiger partial charge on any atom is 0.257 e. The van der Waals surface area contributed by atoms with Crippen LogP contribution in [-0.2, 0) is 19.4 Å². The van der Waals surface area contributed by atoms with E-state index in [4.69, 9.17) is 18.9 Å². The molecule has 2 N–H and O–H groups in total. The van der Waals surface area contributed by atoms with Crippen LogP contribution in [0.2, 0.25) is 0 Å². The smallest absolute Gasteiger partial charge is 0.257 e. The van der Waals surface area contributed by atoms with E-state index in [9.17, 15) is 9.59 Å². The standard InChI is InChI=1S/C37H39N3O6/c1-5-46-31-19-23(9-8-17-40-18-16-24-20-32(44-3)33(45-4)21-25(24)22-40)14-15-29(31)38-37(42)28-12-6-10-26-34(28)39-35-27(36(26)41)11-7-13-30(35)43-2/h6-7,10-15,19-21H,5,8-9,16-18,22H2,1-4H3,(H,38,42)(H,39,41). The van der Waals surface area contributed by atoms with Gasteiger partial charge in [0.05, 0.1) is 50.2 Å². The number of benzene rings is 4. The zero-order valence-corrected chi connectivity index (χ0v) is 26.7. The summed E-state index contributed by atoms with van der Waals surface area (Å²) < 4.78 is 22.4. The van der Waals surface area contributed by atoms with E-state index in [0.29, 0.717) is 51.2 Å². The Morgan fingerprint density at radius 1 is 0.848 bits per heavy atom. The number of aromatic nitrogens is 1. The van der Waals surface area contributed by atoms with Crippen molar-refractivity contribution in [3.63, 3.8) is 0 Å². The van der Waals surface area contributed by atoms with E-state index in [1.807, 2.05) is 25.1 Å². The van der Waals surface area contributed by atoms with Crippen molar-refractivity contribution in [2.24, 2.45) is 0 Å². The van der Waals surface area contributed by atoms with Gasteiger partial charge in [-0.15, -0.1) is 0 Å². The van der Waals surface area contributed by atoms with Gasteiger partial charge in [-0.2, -0.15) is 0 Å². The van der Waals surface area contributed by atoms with Crippen LogP contribution >= 0.6 is 0 Å². The number of nitrogens with one attached hydrogen (secondary N) is 2. The Labute approximate surface area is 268 Å². The molecule has 1 aliphatic rings. The van der Waals surface area contributed by atoms with Crippen LogP contribution in [0.4, 0.5) is 5.69 Å². The van der Waals surface area contributed by atoms with E-state index in [-0.39, 0.29) is 11.3 Å². The summed E-state index contributed by atoms with van der Waals surface area (Å²) in [6.45, 7) is 5.23. The minimum atomic E-state index is -0.344. The van der Waals surface area contributed by atoms with Crippen LogP contribution in [0.1, 0.15) is 40.4 Å². The van der Waals surface area contributed by atoms with E-state index in [1.165, 1.54) is 11.1 Å². The fourth-order valence-corrected chi connectivity index (χ4v) is 6.28. The molecule has 0 saturated heterocycles. The van der Waals surface area contributed by atoms with Crippen LogP contribution in [0.15, 0.2) is 71.5 Å². The molecule has 0 bridgehead atoms. The zero-order chi connectivity index (χ0) is 32.2. The summed E-state index contributed by atoms with van der Waals surface area (Å²) in [6.07, 6.45) is 2.84. The number of pyridine rings is 1. The third kappa shape index (κ3) is 6.10. The van der Waals surface area contributed by atoms with Gasteiger partial charge in [-0.3, -0.25) is 14.5 Å². The quantitative estimate of drug-likeness (QED) is 0.166. The number of ether oxygens (including phenoxy) is 4. The Hall–Kier alpha value is -5.02. The number of H-pyrrole nitrogens is 1. The molecule has 9 heteroatoms. The predicted octanol–water partition coefficient (Wildman–Crippen LogP) is 6.35. The summed E-state index contributed by atoms with van der Waals surface area (Å²) >= 11 is 0. The maximum atomic E-state index is 13.6. The van der Waals surface area contributed by atoms with Gasteiger partial charge in [-0.25, -0.2) is 0 Å². The molecule has 1 aliphatic heterocycles. The topological polar surface area (TPSA) is 102 Å². The second kappa shape index (κ2) is 13.5. The van der Waals surface area contributed by atoms with Gasteiger partial charge in [0.25, 0.3) is 5.91 Å². The van der Waals surface area contributed by atoms with Crippen LogP contribution < -0.4 is 29.7 Å². The average molecular weight is 622 g/mol. The van der Waals surface area contributed by atoms with E-state index < -0.39 is 0 Å². The molecule has 5 aromatic rings. The van der Waals surface area contributed by atoms with Crippen molar-refractivity contribution in [1.82, 2.24) is 9.88 Å². The lowest BCUT2D eigenvalue weighted by Crippen LogP contribution is -2.31. The molecule has 0 fully saturated rings. The number of aromatic amines is 1. The minimum absolute atomic E-state index is 0.162. The lowest BCUT2D eigenvalue weighted by molar-refractivity contribution is 0.102. The molecule has 9 nitrogen and oxygen atoms in total. The molecular formula is C37H39N3O6. The van der Waals surface area contributed by atoms with Crippen LogP contribution in [0, 0.1) is 0 Å². The third-order valence-corrected chi connectivity index (χ3v) is 8.63. The summed E-state index contributed by atoms with van der Waals surface area (Å²) in [4.78, 5) is 32.7. The number of nitrogens with zero attached hydrogens (tertiary/aromatic N) is 1. The van der Waals surface area contributed by atoms with Crippen molar-refractivity contribution in [2.75, 3.05) is 46.3 Å². The first-order valence-corrected chi connectivity index (χ1v) is 15.6. The molecule has 1 aromatic heterocycles. The molecule has 0 atom stereocenters. The summed E-state index contributed by atoms with van der Waals surface area (Å²) in [6, 6.07) is 20.6. The number of rotatable bonds is 11. The minimum Gasteiger partial charge on any atom is -0.495 e. The number of aryl methyl sites for hydroxylation is 1. The summed E-state index contributed by atoms with van der Waals surface area (Å²) in [7, 11) is 4.89. The molecule has 1 amide bonds. The highest BCUT2D eigenvalue weighted by molar-refractivity contribution is 6.13. The number of hydrogen-bond donors (Lipinski definition) is 2. The van der Waals surface area contributed by atoms with Gasteiger partial charge < -0.3 is 29.2 Å². The highest BCUT2D eigenvalue weighted by atomic mass is 16.5. The number of para-hydroxylation sites is 2. The van der Waals surface area contributed by atoms with Crippen molar-refractivity contribution in [1.29, 1.82) is 0 Å². The second-order valence-electron chi connectivity index (χ2n) is 11.4. The Bertz CT molecular complexity index is 1970. The molecule has 0 aliphatic carbocycles. The largest absolute Gasteiger partial charge is 0.495 e. The highest BCUT2D eigenvalue weighted by Gasteiger charge is 2.20. The van der Waals surface area contributed by atoms with Crippen LogP contribution in [-0.4, -0.2) is 56.8 Å². The number of amides is 1. The Balaban J connectivity index is 1.16. The van der Waals surface area contributed by atoms with Gasteiger partial charge in [0.1, 0.15) is 11.5 Å². The van der Waals surface area contributed by atoms with E-state index in [1.54, 1.807) is 57.7 Å². The van der Waals surface area contributed by atoms with E-state index in [0.717, 1.165) is 56.0 Å². The second-order valence-corrected chi connectivity index (χ2v) is 11.4. The number of anilines is 1. The number of carbonyl (C=O) groups excluding carboxylic acids is 1. The van der Waals surface area contributed by atoms with Crippen molar-refractivity contribution < 1.29 is 23.7 Å². The van der Waals surface area contributed by atoms with Crippen molar-refractivity contribution >= 4 is 33.4 Å². The third-order valence-electron chi connectivity index (χ3n) is 8.63. The van der Waals surface area contributed by atoms with Crippen LogP contribution in [0.25, 0.3) is 21.8 Å². The molecule has 0 unspecified atom stereocenters. The number of fused-ring (bicyclic) bond motifs is 3. The van der Waals surface area contributed by atoms with Crippen molar-refractivity contribution in [3.8, 4) is 23.0 Å². The van der Waals surface area contributed by atoms with E-state index in [2.05, 4.69) is 27.3 Å². The number of methoxy groups -OCH3 is 3. The van der Waals surface area contributed by atoms with Crippen molar-refractivity contribution in [3.05, 3.63) is 99.2 Å². The predicted molar refractivity (Wildman–Crippen MR) is 181 cm³/mol. The summed E-state index contributed by atoms with van der Waals surface area (Å²) in [5, 5.41) is 3.96. The number of hydrogen-bond acceptors (Lipinski definition) is 7. The Kier molecular flexibility index (Phi) is 9.12. The van der Waals surface area contributed by atoms with Gasteiger partial charge in [-0.1, -0.05) is 18.2 Å². The molecule has 4 aromatic carbocycles. The molecule has 238 valence electrons. The first kappa shape index (κ1) is 31.0. The SMILES string of the molecule is CCOc1cc(CCCN2CCc3cc(OC)c(OC)cc3C2)ccc1NC(=O)c1cccc2c(=O)c3cccc(OC)c3[nH]c12. The summed E-state index contributed by atoms with van der Waals surface area (Å²) in [5.41, 5.74) is 5.51. The first-order valence-electron chi connectivity index (χ1n) is 15.6. The number of carbonyl (C=O) groups is 1. The van der Waals surface area contributed by atoms with Gasteiger partial charge in [-0.05, 0) is 98.0 Å². The van der Waals surface area contributed by atoms with Gasteiger partial charge in [0.15, 0.2) is 16.9 Å². The molecule has 0 spiro atoms. The molecule has 0 radical (unpaired) electrons. The average Bonchev–Trinajstić information content (AvgIpc) is 3.08. The molecule has 0 saturated carbocycles. The molecule has 2 heterocycles. The fraction of sp³-hybridized carbons (Fsp3) is 0.297. The molecular weight excluding hydrogens is 582 g/mol. The van der Waals surface area contributed by atoms with E-state index >= 15 is 0 Å². The van der Waals surface area contributed by atoms with Gasteiger partial charge in [0.2, 0.25) is 0 Å². The monoisotopic (exact) mass is 621 g/mol. The highest BCUT2D eigenvalue weighted by Crippen LogP contribution is 2.34. The zero-order valence-electron chi connectivity index (χ0n) is 26.7. The Morgan fingerprint density at radius 3 is 2.30 bits per heavy atom. The maximum absolute atomic E-state index is 13.6. The fourth-order valence-electron chi connectivity index (χ4n) is 6.28. The molecule has 46 heavy (non-hydrogen) atoms. The van der Waals surface area contributed by atoms with Crippen LogP contribution in [0.3, 0.4) is 0 Å². The normalized spacial score (nSPS) is 13.0. The van der Waals surface area contributed by atoms with Crippen LogP contribution in [0.5, 0.6) is 23.0 Å². The lowest BCUT2D eigenvalue weighted by Gasteiger charge is -2.29. The molecule has 6 rings (SSSR count). The first-order chi connectivity index (χ1) is 22.4.